The number of nitrogens with zero attached hydrogens (tertiary/aromatic N) is 2. The van der Waals surface area contributed by atoms with Gasteiger partial charge in [-0.15, -0.1) is 0 Å². The molecule has 0 aliphatic rings. The molecule has 0 aromatic carbocycles. The van der Waals surface area contributed by atoms with Crippen molar-refractivity contribution >= 4 is 6.03 Å². The summed E-state index contributed by atoms with van der Waals surface area (Å²) >= 11 is 0. The Kier molecular flexibility index (Phi) is 1.59. The van der Waals surface area contributed by atoms with Gasteiger partial charge in [0, 0.05) is 0 Å². The van der Waals surface area contributed by atoms with Gasteiger partial charge in [0.15, 0.2) is 6.20 Å². The number of nitrogens with two attached hydrogens (primary N) is 1. The lowest BCUT2D eigenvalue weighted by molar-refractivity contribution is -0.607. The maximum atomic E-state index is 10.7. The van der Waals surface area contributed by atoms with E-state index in [1.54, 1.807) is 0 Å². The smallest absolute Gasteiger partial charge is 0.326 e. The van der Waals surface area contributed by atoms with Gasteiger partial charge in [0.05, 0.1) is 6.20 Å². The van der Waals surface area contributed by atoms with Crippen LogP contribution in [0.25, 0.3) is 0 Å². The Morgan fingerprint density at radius 1 is 1.73 bits per heavy atom. The minimum atomic E-state index is -0.907. The van der Waals surface area contributed by atoms with Gasteiger partial charge in [0.2, 0.25) is 6.20 Å². The van der Waals surface area contributed by atoms with Crippen LogP contribution in [0, 0.1) is 5.21 Å². The molecule has 6 nitrogen and oxygen atoms in total. The van der Waals surface area contributed by atoms with Crippen LogP contribution in [0.5, 0.6) is 0 Å². The van der Waals surface area contributed by atoms with Crippen molar-refractivity contribution in [1.29, 1.82) is 0 Å². The number of carbonyl (C=O) groups is 1. The van der Waals surface area contributed by atoms with Gasteiger partial charge in [-0.2, -0.15) is 4.73 Å². The normalized spacial score (nSPS) is 9.45. The van der Waals surface area contributed by atoms with Gasteiger partial charge in [0.25, 0.3) is 0 Å². The van der Waals surface area contributed by atoms with Crippen LogP contribution in [0.15, 0.2) is 23.4 Å². The molecule has 2 N–H and O–H groups in total. The van der Waals surface area contributed by atoms with Gasteiger partial charge in [-0.05, 0) is 0 Å². The highest BCUT2D eigenvalue weighted by molar-refractivity contribution is 5.74. The fourth-order valence-electron chi connectivity index (χ4n) is 0.602. The zero-order chi connectivity index (χ0) is 8.43. The lowest BCUT2D eigenvalue weighted by atomic mass is 10.7. The van der Waals surface area contributed by atoms with E-state index in [1.807, 2.05) is 0 Å². The second-order valence-electron chi connectivity index (χ2n) is 1.83. The minimum Gasteiger partial charge on any atom is -0.619 e. The Morgan fingerprint density at radius 3 is 2.82 bits per heavy atom. The Hall–Kier alpha value is -1.85. The van der Waals surface area contributed by atoms with Crippen molar-refractivity contribution in [3.63, 3.8) is 0 Å². The van der Waals surface area contributed by atoms with Crippen molar-refractivity contribution in [3.8, 4) is 0 Å². The van der Waals surface area contributed by atoms with Crippen LogP contribution < -0.4 is 16.0 Å². The third-order valence-corrected chi connectivity index (χ3v) is 1.08. The highest BCUT2D eigenvalue weighted by Gasteiger charge is 2.02. The molecule has 0 aliphatic carbocycles. The summed E-state index contributed by atoms with van der Waals surface area (Å²) in [6.45, 7) is 0. The van der Waals surface area contributed by atoms with E-state index in [4.69, 9.17) is 5.73 Å². The van der Waals surface area contributed by atoms with Crippen LogP contribution in [-0.2, 0) is 0 Å². The predicted molar refractivity (Wildman–Crippen MR) is 34.6 cm³/mol. The second kappa shape index (κ2) is 2.41. The summed E-state index contributed by atoms with van der Waals surface area (Å²) in [4.78, 5) is 21.1. The van der Waals surface area contributed by atoms with Crippen LogP contribution in [0.4, 0.5) is 4.79 Å². The number of hydrogen-bond acceptors (Lipinski definition) is 3. The molecular formula is C5H5N3O3. The highest BCUT2D eigenvalue weighted by atomic mass is 16.5. The molecule has 1 amide bonds. The molecule has 0 aliphatic heterocycles. The molecule has 0 fully saturated rings. The molecular weight excluding hydrogens is 150 g/mol. The summed E-state index contributed by atoms with van der Waals surface area (Å²) in [5.41, 5.74) is 4.04. The number of rotatable bonds is 0. The van der Waals surface area contributed by atoms with E-state index in [0.717, 1.165) is 12.4 Å². The number of amides is 1. The third-order valence-electron chi connectivity index (χ3n) is 1.08. The molecule has 1 aromatic heterocycles. The maximum absolute atomic E-state index is 10.7. The first kappa shape index (κ1) is 7.26. The van der Waals surface area contributed by atoms with E-state index in [9.17, 15) is 14.8 Å². The highest BCUT2D eigenvalue weighted by Crippen LogP contribution is 1.72. The molecule has 0 unspecified atom stereocenters. The molecule has 11 heavy (non-hydrogen) atoms. The topological polar surface area (TPSA) is 92.0 Å². The zero-order valence-electron chi connectivity index (χ0n) is 5.43. The maximum Gasteiger partial charge on any atom is 0.326 e. The Balaban J connectivity index is 3.32. The van der Waals surface area contributed by atoms with Gasteiger partial charge >= 0.3 is 11.6 Å². The number of primary amides is 1. The number of carbonyl (C=O) groups excluding carboxylic acids is 1. The van der Waals surface area contributed by atoms with Gasteiger partial charge in [-0.3, -0.25) is 4.79 Å². The van der Waals surface area contributed by atoms with Crippen molar-refractivity contribution in [2.45, 2.75) is 0 Å². The lowest BCUT2D eigenvalue weighted by Gasteiger charge is -1.97. The molecule has 0 radical (unpaired) electrons. The average molecular weight is 155 g/mol. The van der Waals surface area contributed by atoms with Crippen molar-refractivity contribution < 1.29 is 9.52 Å². The van der Waals surface area contributed by atoms with E-state index in [1.165, 1.54) is 0 Å². The van der Waals surface area contributed by atoms with E-state index >= 15 is 0 Å². The Morgan fingerprint density at radius 2 is 2.36 bits per heavy atom. The van der Waals surface area contributed by atoms with Crippen LogP contribution >= 0.6 is 0 Å². The molecule has 0 spiro atoms. The molecule has 1 aromatic rings. The fourth-order valence-corrected chi connectivity index (χ4v) is 0.602. The molecule has 0 bridgehead atoms. The van der Waals surface area contributed by atoms with E-state index in [-0.39, 0.29) is 0 Å². The van der Waals surface area contributed by atoms with Gasteiger partial charge in [-0.25, -0.2) is 9.36 Å². The first-order valence-electron chi connectivity index (χ1n) is 2.72. The zero-order valence-corrected chi connectivity index (χ0v) is 5.43. The van der Waals surface area contributed by atoms with Crippen molar-refractivity contribution in [1.82, 2.24) is 4.57 Å². The SMILES string of the molecule is NC(=O)n1cc[n+]([O-])cc1=O. The second-order valence-corrected chi connectivity index (χ2v) is 1.83. The quantitative estimate of drug-likeness (QED) is 0.361. The molecule has 0 atom stereocenters. The van der Waals surface area contributed by atoms with Gasteiger partial charge in [0.1, 0.15) is 0 Å². The lowest BCUT2D eigenvalue weighted by Crippen LogP contribution is -2.39. The number of hydrogen-bond donors (Lipinski definition) is 1. The Bertz CT molecular complexity index is 343. The van der Waals surface area contributed by atoms with E-state index < -0.39 is 11.6 Å². The Labute approximate surface area is 61.1 Å². The molecule has 1 heterocycles. The first-order valence-corrected chi connectivity index (χ1v) is 2.72. The summed E-state index contributed by atoms with van der Waals surface area (Å²) in [5.74, 6) is 0. The van der Waals surface area contributed by atoms with Crippen LogP contribution in [-0.4, -0.2) is 10.6 Å². The van der Waals surface area contributed by atoms with Crippen LogP contribution in [0.2, 0.25) is 0 Å². The fraction of sp³-hybridized carbons (Fsp3) is 0. The van der Waals surface area contributed by atoms with Crippen molar-refractivity contribution in [3.05, 3.63) is 34.2 Å². The largest absolute Gasteiger partial charge is 0.619 e. The summed E-state index contributed by atoms with van der Waals surface area (Å²) in [6.07, 6.45) is 2.73. The third kappa shape index (κ3) is 1.34. The minimum absolute atomic E-state index is 0.293. The van der Waals surface area contributed by atoms with Crippen molar-refractivity contribution in [2.75, 3.05) is 0 Å². The predicted octanol–water partition coefficient (Wildman–Crippen LogP) is -1.59. The molecule has 6 heteroatoms. The van der Waals surface area contributed by atoms with Gasteiger partial charge in [-0.1, -0.05) is 0 Å². The summed E-state index contributed by atoms with van der Waals surface area (Å²) in [6, 6.07) is -0.907. The average Bonchev–Trinajstić information content (AvgIpc) is 1.85. The molecule has 1 rings (SSSR count). The van der Waals surface area contributed by atoms with E-state index in [0.29, 0.717) is 15.5 Å². The monoisotopic (exact) mass is 155 g/mol. The molecule has 0 saturated heterocycles. The summed E-state index contributed by atoms with van der Waals surface area (Å²) in [7, 11) is 0. The molecule has 0 saturated carbocycles. The van der Waals surface area contributed by atoms with Crippen LogP contribution in [0.3, 0.4) is 0 Å². The van der Waals surface area contributed by atoms with Crippen LogP contribution in [0.1, 0.15) is 0 Å². The van der Waals surface area contributed by atoms with Gasteiger partial charge < -0.3 is 10.9 Å². The summed E-state index contributed by atoms with van der Waals surface area (Å²) in [5, 5.41) is 10.4. The van der Waals surface area contributed by atoms with E-state index in [2.05, 4.69) is 0 Å². The molecule has 58 valence electrons. The summed E-state index contributed by atoms with van der Waals surface area (Å²) < 4.78 is 0.927. The number of aromatic nitrogens is 2. The first-order chi connectivity index (χ1) is 5.11. The van der Waals surface area contributed by atoms with Crippen molar-refractivity contribution in [2.24, 2.45) is 5.73 Å². The standard InChI is InChI=1S/C5H5N3O3/c6-5(10)8-2-1-7(11)3-4(8)9/h1-3H,(H2,6,10).